The van der Waals surface area contributed by atoms with Gasteiger partial charge in [-0.1, -0.05) is 35.3 Å². The maximum absolute atomic E-state index is 12.1. The molecule has 2 N–H and O–H groups in total. The van der Waals surface area contributed by atoms with Gasteiger partial charge in [-0.15, -0.1) is 0 Å². The number of rotatable bonds is 4. The smallest absolute Gasteiger partial charge is 0.307 e. The molecule has 0 saturated heterocycles. The van der Waals surface area contributed by atoms with Gasteiger partial charge in [0.25, 0.3) is 5.91 Å². The van der Waals surface area contributed by atoms with Crippen molar-refractivity contribution in [1.82, 2.24) is 4.98 Å². The molecule has 0 spiro atoms. The molecule has 0 aliphatic carbocycles. The first-order valence-corrected chi connectivity index (χ1v) is 6.64. The van der Waals surface area contributed by atoms with Gasteiger partial charge in [0, 0.05) is 11.9 Å². The number of anilines is 1. The van der Waals surface area contributed by atoms with E-state index in [9.17, 15) is 9.59 Å². The number of carbonyl (C=O) groups is 2. The van der Waals surface area contributed by atoms with E-state index >= 15 is 0 Å². The van der Waals surface area contributed by atoms with Crippen molar-refractivity contribution in [2.45, 2.75) is 6.42 Å². The Kier molecular flexibility index (Phi) is 4.77. The number of nitrogens with zero attached hydrogens (tertiary/aromatic N) is 1. The summed E-state index contributed by atoms with van der Waals surface area (Å²) in [5.74, 6) is -1.39. The van der Waals surface area contributed by atoms with E-state index in [1.165, 1.54) is 12.3 Å². The lowest BCUT2D eigenvalue weighted by atomic mass is 10.1. The molecule has 0 saturated carbocycles. The average Bonchev–Trinajstić information content (AvgIpc) is 2.41. The van der Waals surface area contributed by atoms with Crippen LogP contribution in [0.25, 0.3) is 0 Å². The third-order valence-electron chi connectivity index (χ3n) is 2.61. The van der Waals surface area contributed by atoms with Crippen molar-refractivity contribution < 1.29 is 14.7 Å². The number of aliphatic carboxylic acids is 1. The van der Waals surface area contributed by atoms with Gasteiger partial charge in [0.2, 0.25) is 0 Å². The largest absolute Gasteiger partial charge is 0.481 e. The molecule has 0 aliphatic rings. The van der Waals surface area contributed by atoms with E-state index in [2.05, 4.69) is 10.3 Å². The van der Waals surface area contributed by atoms with Gasteiger partial charge in [0.05, 0.1) is 17.0 Å². The molecule has 1 aromatic carbocycles. The summed E-state index contributed by atoms with van der Waals surface area (Å²) in [5, 5.41) is 11.7. The second-order valence-corrected chi connectivity index (χ2v) is 5.01. The van der Waals surface area contributed by atoms with Gasteiger partial charge < -0.3 is 10.4 Å². The van der Waals surface area contributed by atoms with Crippen LogP contribution in [0.4, 0.5) is 5.69 Å². The Morgan fingerprint density at radius 1 is 1.24 bits per heavy atom. The Balaban J connectivity index is 2.19. The Hall–Kier alpha value is -2.11. The van der Waals surface area contributed by atoms with Crippen molar-refractivity contribution in [1.29, 1.82) is 0 Å². The zero-order valence-corrected chi connectivity index (χ0v) is 12.1. The summed E-state index contributed by atoms with van der Waals surface area (Å²) in [7, 11) is 0. The van der Waals surface area contributed by atoms with E-state index in [1.807, 2.05) is 0 Å². The number of benzene rings is 1. The predicted octanol–water partition coefficient (Wildman–Crippen LogP) is 3.27. The van der Waals surface area contributed by atoms with Crippen LogP contribution in [0, 0.1) is 0 Å². The molecule has 0 unspecified atom stereocenters. The van der Waals surface area contributed by atoms with Gasteiger partial charge >= 0.3 is 5.97 Å². The number of aromatic nitrogens is 1. The number of halogens is 2. The first-order chi connectivity index (χ1) is 9.95. The number of hydrogen-bond donors (Lipinski definition) is 2. The van der Waals surface area contributed by atoms with Crippen molar-refractivity contribution in [3.8, 4) is 0 Å². The second-order valence-electron chi connectivity index (χ2n) is 4.21. The molecule has 7 heteroatoms. The van der Waals surface area contributed by atoms with Gasteiger partial charge in [0.1, 0.15) is 5.15 Å². The molecule has 0 bridgehead atoms. The topological polar surface area (TPSA) is 79.3 Å². The highest BCUT2D eigenvalue weighted by Crippen LogP contribution is 2.20. The molecule has 108 valence electrons. The number of carboxylic acid groups (broad SMARTS) is 1. The quantitative estimate of drug-likeness (QED) is 0.846. The fraction of sp³-hybridized carbons (Fsp3) is 0.0714. The van der Waals surface area contributed by atoms with E-state index in [0.29, 0.717) is 11.3 Å². The minimum absolute atomic E-state index is 0.119. The fourth-order valence-corrected chi connectivity index (χ4v) is 2.07. The van der Waals surface area contributed by atoms with E-state index in [-0.39, 0.29) is 22.2 Å². The van der Waals surface area contributed by atoms with Crippen LogP contribution in [0.5, 0.6) is 0 Å². The van der Waals surface area contributed by atoms with Gasteiger partial charge in [0.15, 0.2) is 0 Å². The fourth-order valence-electron chi connectivity index (χ4n) is 1.72. The van der Waals surface area contributed by atoms with Crippen LogP contribution < -0.4 is 5.32 Å². The Morgan fingerprint density at radius 2 is 2.00 bits per heavy atom. The highest BCUT2D eigenvalue weighted by molar-refractivity contribution is 6.35. The maximum Gasteiger partial charge on any atom is 0.307 e. The number of hydrogen-bond acceptors (Lipinski definition) is 3. The van der Waals surface area contributed by atoms with E-state index < -0.39 is 11.9 Å². The molecule has 0 aliphatic heterocycles. The van der Waals surface area contributed by atoms with Crippen molar-refractivity contribution in [2.24, 2.45) is 0 Å². The lowest BCUT2D eigenvalue weighted by Crippen LogP contribution is -2.13. The minimum atomic E-state index is -0.942. The van der Waals surface area contributed by atoms with Crippen molar-refractivity contribution in [2.75, 3.05) is 5.32 Å². The lowest BCUT2D eigenvalue weighted by Gasteiger charge is -2.08. The van der Waals surface area contributed by atoms with Crippen molar-refractivity contribution in [3.05, 3.63) is 57.8 Å². The Bertz CT molecular complexity index is 704. The van der Waals surface area contributed by atoms with Gasteiger partial charge in [-0.2, -0.15) is 0 Å². The molecular formula is C14H10Cl2N2O3. The van der Waals surface area contributed by atoms with Crippen LogP contribution in [-0.4, -0.2) is 22.0 Å². The summed E-state index contributed by atoms with van der Waals surface area (Å²) in [6, 6.07) is 7.93. The van der Waals surface area contributed by atoms with Gasteiger partial charge in [-0.05, 0) is 23.8 Å². The van der Waals surface area contributed by atoms with Crippen molar-refractivity contribution >= 4 is 40.8 Å². The molecule has 2 aromatic rings. The average molecular weight is 325 g/mol. The molecule has 2 rings (SSSR count). The number of pyridine rings is 1. The molecule has 1 aromatic heterocycles. The molecule has 1 amide bonds. The minimum Gasteiger partial charge on any atom is -0.481 e. The highest BCUT2D eigenvalue weighted by Gasteiger charge is 2.12. The van der Waals surface area contributed by atoms with E-state index in [0.717, 1.165) is 0 Å². The number of nitrogens with one attached hydrogen (secondary N) is 1. The van der Waals surface area contributed by atoms with Gasteiger partial charge in [-0.25, -0.2) is 4.98 Å². The molecule has 1 heterocycles. The summed E-state index contributed by atoms with van der Waals surface area (Å²) < 4.78 is 0. The van der Waals surface area contributed by atoms with Crippen LogP contribution in [0.2, 0.25) is 10.2 Å². The standard InChI is InChI=1S/C14H10Cl2N2O3/c15-11-7-17-12(16)6-10(11)14(21)18-9-3-1-2-8(4-9)5-13(19)20/h1-4,6-7H,5H2,(H,18,21)(H,19,20). The summed E-state index contributed by atoms with van der Waals surface area (Å²) in [6.07, 6.45) is 1.17. The summed E-state index contributed by atoms with van der Waals surface area (Å²) in [6.45, 7) is 0. The number of amides is 1. The van der Waals surface area contributed by atoms with E-state index in [4.69, 9.17) is 28.3 Å². The first kappa shape index (κ1) is 15.3. The molecule has 21 heavy (non-hydrogen) atoms. The zero-order chi connectivity index (χ0) is 15.4. The SMILES string of the molecule is O=C(O)Cc1cccc(NC(=O)c2cc(Cl)ncc2Cl)c1. The molecule has 5 nitrogen and oxygen atoms in total. The molecule has 0 atom stereocenters. The molecular weight excluding hydrogens is 315 g/mol. The summed E-state index contributed by atoms with van der Waals surface area (Å²) in [4.78, 5) is 26.6. The second kappa shape index (κ2) is 6.56. The third-order valence-corrected chi connectivity index (χ3v) is 3.11. The summed E-state index contributed by atoms with van der Waals surface area (Å²) in [5.41, 5.74) is 1.25. The van der Waals surface area contributed by atoms with Crippen molar-refractivity contribution in [3.63, 3.8) is 0 Å². The van der Waals surface area contributed by atoms with Crippen LogP contribution in [0.1, 0.15) is 15.9 Å². The number of carbonyl (C=O) groups excluding carboxylic acids is 1. The van der Waals surface area contributed by atoms with Gasteiger partial charge in [-0.3, -0.25) is 9.59 Å². The van der Waals surface area contributed by atoms with Crippen LogP contribution in [-0.2, 0) is 11.2 Å². The van der Waals surface area contributed by atoms with Crippen LogP contribution in [0.15, 0.2) is 36.5 Å². The highest BCUT2D eigenvalue weighted by atomic mass is 35.5. The normalized spacial score (nSPS) is 10.2. The molecule has 0 fully saturated rings. The first-order valence-electron chi connectivity index (χ1n) is 5.89. The molecule has 0 radical (unpaired) electrons. The summed E-state index contributed by atoms with van der Waals surface area (Å²) >= 11 is 11.6. The Labute approximate surface area is 130 Å². The van der Waals surface area contributed by atoms with Crippen LogP contribution >= 0.6 is 23.2 Å². The predicted molar refractivity (Wildman–Crippen MR) is 80.0 cm³/mol. The Morgan fingerprint density at radius 3 is 2.71 bits per heavy atom. The maximum atomic E-state index is 12.1. The number of carboxylic acids is 1. The van der Waals surface area contributed by atoms with Crippen LogP contribution in [0.3, 0.4) is 0 Å². The lowest BCUT2D eigenvalue weighted by molar-refractivity contribution is -0.136. The van der Waals surface area contributed by atoms with E-state index in [1.54, 1.807) is 24.3 Å². The third kappa shape index (κ3) is 4.18. The zero-order valence-electron chi connectivity index (χ0n) is 10.6. The monoisotopic (exact) mass is 324 g/mol.